The Hall–Kier alpha value is -1.86. The average molecular weight is 313 g/mol. The van der Waals surface area contributed by atoms with E-state index < -0.39 is 0 Å². The van der Waals surface area contributed by atoms with E-state index in [4.69, 9.17) is 5.26 Å². The molecule has 1 heterocycles. The first kappa shape index (κ1) is 17.5. The van der Waals surface area contributed by atoms with Gasteiger partial charge >= 0.3 is 0 Å². The summed E-state index contributed by atoms with van der Waals surface area (Å²) >= 11 is 0. The highest BCUT2D eigenvalue weighted by Gasteiger charge is 2.22. The minimum Gasteiger partial charge on any atom is -0.310 e. The monoisotopic (exact) mass is 313 g/mol. The number of amides is 1. The van der Waals surface area contributed by atoms with E-state index in [1.165, 1.54) is 6.42 Å². The predicted molar refractivity (Wildman–Crippen MR) is 93.3 cm³/mol. The Morgan fingerprint density at radius 3 is 2.65 bits per heavy atom. The van der Waals surface area contributed by atoms with Crippen molar-refractivity contribution in [2.24, 2.45) is 5.92 Å². The van der Waals surface area contributed by atoms with Gasteiger partial charge in [-0.15, -0.1) is 0 Å². The van der Waals surface area contributed by atoms with Gasteiger partial charge in [0.05, 0.1) is 19.0 Å². The van der Waals surface area contributed by atoms with Crippen LogP contribution in [0.25, 0.3) is 0 Å². The van der Waals surface area contributed by atoms with Gasteiger partial charge in [-0.2, -0.15) is 5.26 Å². The molecule has 1 amide bonds. The Labute approximate surface area is 139 Å². The second-order valence-electron chi connectivity index (χ2n) is 6.78. The molecule has 1 unspecified atom stereocenters. The topological polar surface area (TPSA) is 47.3 Å². The van der Waals surface area contributed by atoms with E-state index in [1.807, 2.05) is 26.0 Å². The van der Waals surface area contributed by atoms with Crippen molar-refractivity contribution in [1.82, 2.24) is 4.90 Å². The standard InChI is InChI=1S/C19H27N3O/c1-15-6-4-8-21(13-15)14-19(23)22(9-5-7-20)18-11-16(2)10-17(3)12-18/h10-12,15H,4-6,8-9,13-14H2,1-3H3. The molecule has 1 aliphatic rings. The third kappa shape index (κ3) is 5.07. The third-order valence-electron chi connectivity index (χ3n) is 4.37. The Bertz CT molecular complexity index is 571. The Morgan fingerprint density at radius 1 is 1.35 bits per heavy atom. The van der Waals surface area contributed by atoms with E-state index in [9.17, 15) is 4.79 Å². The predicted octanol–water partition coefficient (Wildman–Crippen LogP) is 3.28. The molecule has 0 spiro atoms. The van der Waals surface area contributed by atoms with E-state index in [2.05, 4.69) is 24.0 Å². The van der Waals surface area contributed by atoms with Gasteiger partial charge < -0.3 is 4.90 Å². The summed E-state index contributed by atoms with van der Waals surface area (Å²) in [6.07, 6.45) is 2.77. The maximum absolute atomic E-state index is 12.8. The van der Waals surface area contributed by atoms with Crippen LogP contribution in [0.4, 0.5) is 5.69 Å². The third-order valence-corrected chi connectivity index (χ3v) is 4.37. The molecule has 0 bridgehead atoms. The number of aryl methyl sites for hydroxylation is 2. The van der Waals surface area contributed by atoms with Gasteiger partial charge in [0.1, 0.15) is 0 Å². The maximum atomic E-state index is 12.8. The van der Waals surface area contributed by atoms with Crippen LogP contribution in [0.5, 0.6) is 0 Å². The Kier molecular flexibility index (Phi) is 6.18. The van der Waals surface area contributed by atoms with Crippen LogP contribution < -0.4 is 4.90 Å². The Morgan fingerprint density at radius 2 is 2.04 bits per heavy atom. The lowest BCUT2D eigenvalue weighted by atomic mass is 10.0. The second-order valence-corrected chi connectivity index (χ2v) is 6.78. The quantitative estimate of drug-likeness (QED) is 0.838. The van der Waals surface area contributed by atoms with Crippen molar-refractivity contribution in [2.45, 2.75) is 40.0 Å². The molecule has 1 aliphatic heterocycles. The van der Waals surface area contributed by atoms with E-state index in [0.717, 1.165) is 36.3 Å². The number of likely N-dealkylation sites (tertiary alicyclic amines) is 1. The summed E-state index contributed by atoms with van der Waals surface area (Å²) in [5.74, 6) is 0.754. The molecule has 1 saturated heterocycles. The number of nitriles is 1. The van der Waals surface area contributed by atoms with Crippen molar-refractivity contribution >= 4 is 11.6 Å². The molecule has 124 valence electrons. The highest BCUT2D eigenvalue weighted by Crippen LogP contribution is 2.21. The van der Waals surface area contributed by atoms with Gasteiger partial charge in [0.2, 0.25) is 5.91 Å². The van der Waals surface area contributed by atoms with Crippen molar-refractivity contribution in [1.29, 1.82) is 5.26 Å². The number of carbonyl (C=O) groups is 1. The van der Waals surface area contributed by atoms with E-state index >= 15 is 0 Å². The van der Waals surface area contributed by atoms with Gasteiger partial charge in [-0.1, -0.05) is 13.0 Å². The van der Waals surface area contributed by atoms with E-state index in [-0.39, 0.29) is 5.91 Å². The zero-order chi connectivity index (χ0) is 16.8. The van der Waals surface area contributed by atoms with Gasteiger partial charge in [-0.05, 0) is 62.4 Å². The fourth-order valence-electron chi connectivity index (χ4n) is 3.37. The fraction of sp³-hybridized carbons (Fsp3) is 0.579. The normalized spacial score (nSPS) is 18.4. The van der Waals surface area contributed by atoms with Gasteiger partial charge in [-0.3, -0.25) is 9.69 Å². The summed E-state index contributed by atoms with van der Waals surface area (Å²) in [4.78, 5) is 16.9. The molecule has 1 aromatic rings. The number of carbonyl (C=O) groups excluding carboxylic acids is 1. The lowest BCUT2D eigenvalue weighted by Gasteiger charge is -2.32. The molecular weight excluding hydrogens is 286 g/mol. The van der Waals surface area contributed by atoms with Crippen LogP contribution in [0.15, 0.2) is 18.2 Å². The molecule has 0 radical (unpaired) electrons. The van der Waals surface area contributed by atoms with Crippen molar-refractivity contribution in [3.63, 3.8) is 0 Å². The highest BCUT2D eigenvalue weighted by atomic mass is 16.2. The van der Waals surface area contributed by atoms with Gasteiger partial charge in [-0.25, -0.2) is 0 Å². The summed E-state index contributed by atoms with van der Waals surface area (Å²) < 4.78 is 0. The van der Waals surface area contributed by atoms with Crippen molar-refractivity contribution < 1.29 is 4.79 Å². The molecule has 0 aromatic heterocycles. The van der Waals surface area contributed by atoms with Gasteiger partial charge in [0.15, 0.2) is 0 Å². The molecule has 1 aromatic carbocycles. The number of benzene rings is 1. The summed E-state index contributed by atoms with van der Waals surface area (Å²) in [7, 11) is 0. The lowest BCUT2D eigenvalue weighted by molar-refractivity contribution is -0.120. The zero-order valence-electron chi connectivity index (χ0n) is 14.5. The smallest absolute Gasteiger partial charge is 0.241 e. The zero-order valence-corrected chi connectivity index (χ0v) is 14.5. The summed E-state index contributed by atoms with van der Waals surface area (Å²) in [5, 5.41) is 8.91. The molecule has 0 N–H and O–H groups in total. The van der Waals surface area contributed by atoms with Crippen LogP contribution in [-0.2, 0) is 4.79 Å². The second kappa shape index (κ2) is 8.12. The lowest BCUT2D eigenvalue weighted by Crippen LogP contribution is -2.44. The van der Waals surface area contributed by atoms with Gasteiger partial charge in [0, 0.05) is 18.8 Å². The summed E-state index contributed by atoms with van der Waals surface area (Å²) in [5.41, 5.74) is 3.19. The largest absolute Gasteiger partial charge is 0.310 e. The molecule has 0 aliphatic carbocycles. The van der Waals surface area contributed by atoms with Crippen LogP contribution >= 0.6 is 0 Å². The molecule has 1 fully saturated rings. The van der Waals surface area contributed by atoms with E-state index in [0.29, 0.717) is 25.4 Å². The fourth-order valence-corrected chi connectivity index (χ4v) is 3.37. The first-order valence-electron chi connectivity index (χ1n) is 8.47. The molecular formula is C19H27N3O. The van der Waals surface area contributed by atoms with Gasteiger partial charge in [0.25, 0.3) is 0 Å². The molecule has 0 saturated carbocycles. The molecule has 4 heteroatoms. The summed E-state index contributed by atoms with van der Waals surface area (Å²) in [6.45, 7) is 9.21. The van der Waals surface area contributed by atoms with Crippen molar-refractivity contribution in [3.8, 4) is 6.07 Å². The van der Waals surface area contributed by atoms with Crippen LogP contribution in [0.2, 0.25) is 0 Å². The van der Waals surface area contributed by atoms with Crippen LogP contribution in [0.1, 0.15) is 37.3 Å². The minimum atomic E-state index is 0.0966. The first-order chi connectivity index (χ1) is 11.0. The molecule has 4 nitrogen and oxygen atoms in total. The van der Waals surface area contributed by atoms with Crippen LogP contribution in [-0.4, -0.2) is 37.0 Å². The number of hydrogen-bond acceptors (Lipinski definition) is 3. The number of nitrogens with zero attached hydrogens (tertiary/aromatic N) is 3. The number of rotatable bonds is 5. The summed E-state index contributed by atoms with van der Waals surface area (Å²) in [6, 6.07) is 8.31. The number of piperidine rings is 1. The minimum absolute atomic E-state index is 0.0966. The number of anilines is 1. The Balaban J connectivity index is 2.13. The van der Waals surface area contributed by atoms with E-state index in [1.54, 1.807) is 4.90 Å². The van der Waals surface area contributed by atoms with Crippen LogP contribution in [0, 0.1) is 31.1 Å². The molecule has 2 rings (SSSR count). The maximum Gasteiger partial charge on any atom is 0.241 e. The van der Waals surface area contributed by atoms with Crippen LogP contribution in [0.3, 0.4) is 0 Å². The average Bonchev–Trinajstić information content (AvgIpc) is 2.46. The highest BCUT2D eigenvalue weighted by molar-refractivity contribution is 5.95. The molecule has 23 heavy (non-hydrogen) atoms. The van der Waals surface area contributed by atoms with Crippen molar-refractivity contribution in [2.75, 3.05) is 31.1 Å². The molecule has 1 atom stereocenters. The SMILES string of the molecule is Cc1cc(C)cc(N(CCC#N)C(=O)CN2CCCC(C)C2)c1. The van der Waals surface area contributed by atoms with Crippen molar-refractivity contribution in [3.05, 3.63) is 29.3 Å². The number of hydrogen-bond donors (Lipinski definition) is 0. The first-order valence-corrected chi connectivity index (χ1v) is 8.47.